The van der Waals surface area contributed by atoms with Gasteiger partial charge in [-0.05, 0) is 37.5 Å². The van der Waals surface area contributed by atoms with Crippen LogP contribution < -0.4 is 0 Å². The van der Waals surface area contributed by atoms with Crippen LogP contribution in [0.15, 0.2) is 18.2 Å². The third-order valence-corrected chi connectivity index (χ3v) is 4.68. The van der Waals surface area contributed by atoms with E-state index in [1.54, 1.807) is 12.1 Å². The summed E-state index contributed by atoms with van der Waals surface area (Å²) in [5.74, 6) is 0.251. The van der Waals surface area contributed by atoms with E-state index in [-0.39, 0.29) is 17.5 Å². The SMILES string of the molecule is CC(c1cc(O)cc(O)c1)N1CCOC2CCCCC21. The molecule has 1 saturated heterocycles. The lowest BCUT2D eigenvalue weighted by Gasteiger charge is -2.46. The number of hydrogen-bond acceptors (Lipinski definition) is 4. The zero-order valence-electron chi connectivity index (χ0n) is 12.0. The van der Waals surface area contributed by atoms with Crippen LogP contribution in [0.2, 0.25) is 0 Å². The van der Waals surface area contributed by atoms with Crippen molar-refractivity contribution in [2.45, 2.75) is 50.8 Å². The third kappa shape index (κ3) is 2.63. The molecular formula is C16H23NO3. The van der Waals surface area contributed by atoms with E-state index in [2.05, 4.69) is 11.8 Å². The lowest BCUT2D eigenvalue weighted by Crippen LogP contribution is -2.53. The molecule has 0 amide bonds. The van der Waals surface area contributed by atoms with E-state index in [1.165, 1.54) is 25.3 Å². The number of fused-ring (bicyclic) bond motifs is 1. The summed E-state index contributed by atoms with van der Waals surface area (Å²) in [5.41, 5.74) is 0.966. The molecule has 3 rings (SSSR count). The first-order valence-electron chi connectivity index (χ1n) is 7.55. The van der Waals surface area contributed by atoms with Crippen molar-refractivity contribution in [3.05, 3.63) is 23.8 Å². The van der Waals surface area contributed by atoms with Crippen molar-refractivity contribution in [1.29, 1.82) is 0 Å². The molecule has 1 heterocycles. The van der Waals surface area contributed by atoms with Crippen molar-refractivity contribution in [3.8, 4) is 11.5 Å². The third-order valence-electron chi connectivity index (χ3n) is 4.68. The Balaban J connectivity index is 1.82. The summed E-state index contributed by atoms with van der Waals surface area (Å²) in [6.07, 6.45) is 5.21. The van der Waals surface area contributed by atoms with E-state index in [0.29, 0.717) is 12.1 Å². The fraction of sp³-hybridized carbons (Fsp3) is 0.625. The maximum Gasteiger partial charge on any atom is 0.119 e. The van der Waals surface area contributed by atoms with Crippen LogP contribution in [0.3, 0.4) is 0 Å². The normalized spacial score (nSPS) is 28.9. The summed E-state index contributed by atoms with van der Waals surface area (Å²) < 4.78 is 5.91. The highest BCUT2D eigenvalue weighted by molar-refractivity contribution is 5.38. The molecule has 4 heteroatoms. The number of phenolic OH excluding ortho intramolecular Hbond substituents is 2. The second-order valence-electron chi connectivity index (χ2n) is 5.96. The molecule has 0 radical (unpaired) electrons. The average Bonchev–Trinajstić information content (AvgIpc) is 2.45. The summed E-state index contributed by atoms with van der Waals surface area (Å²) in [4.78, 5) is 2.47. The topological polar surface area (TPSA) is 52.9 Å². The molecule has 1 aliphatic carbocycles. The molecule has 20 heavy (non-hydrogen) atoms. The number of ether oxygens (including phenoxy) is 1. The van der Waals surface area contributed by atoms with E-state index >= 15 is 0 Å². The van der Waals surface area contributed by atoms with Gasteiger partial charge >= 0.3 is 0 Å². The van der Waals surface area contributed by atoms with Crippen LogP contribution in [-0.4, -0.2) is 40.4 Å². The molecule has 4 nitrogen and oxygen atoms in total. The Morgan fingerprint density at radius 2 is 1.85 bits per heavy atom. The fourth-order valence-corrected chi connectivity index (χ4v) is 3.66. The zero-order chi connectivity index (χ0) is 14.1. The van der Waals surface area contributed by atoms with Crippen molar-refractivity contribution < 1.29 is 14.9 Å². The average molecular weight is 277 g/mol. The minimum atomic E-state index is 0.125. The largest absolute Gasteiger partial charge is 0.508 e. The lowest BCUT2D eigenvalue weighted by molar-refractivity contribution is -0.101. The molecule has 1 aromatic carbocycles. The van der Waals surface area contributed by atoms with Crippen LogP contribution in [0.1, 0.15) is 44.2 Å². The highest BCUT2D eigenvalue weighted by Crippen LogP contribution is 2.35. The van der Waals surface area contributed by atoms with Crippen LogP contribution >= 0.6 is 0 Å². The van der Waals surface area contributed by atoms with E-state index in [9.17, 15) is 10.2 Å². The lowest BCUT2D eigenvalue weighted by atomic mass is 9.88. The molecule has 3 unspecified atom stereocenters. The van der Waals surface area contributed by atoms with Crippen molar-refractivity contribution in [2.24, 2.45) is 0 Å². The summed E-state index contributed by atoms with van der Waals surface area (Å²) in [5, 5.41) is 19.3. The van der Waals surface area contributed by atoms with Crippen molar-refractivity contribution >= 4 is 0 Å². The van der Waals surface area contributed by atoms with Crippen molar-refractivity contribution in [3.63, 3.8) is 0 Å². The van der Waals surface area contributed by atoms with Gasteiger partial charge in [0.05, 0.1) is 12.7 Å². The molecule has 2 fully saturated rings. The Morgan fingerprint density at radius 1 is 1.15 bits per heavy atom. The summed E-state index contributed by atoms with van der Waals surface area (Å²) >= 11 is 0. The molecule has 0 bridgehead atoms. The predicted octanol–water partition coefficient (Wildman–Crippen LogP) is 2.80. The van der Waals surface area contributed by atoms with Crippen molar-refractivity contribution in [2.75, 3.05) is 13.2 Å². The van der Waals surface area contributed by atoms with Gasteiger partial charge in [0.1, 0.15) is 11.5 Å². The minimum Gasteiger partial charge on any atom is -0.508 e. The van der Waals surface area contributed by atoms with Crippen LogP contribution in [0.25, 0.3) is 0 Å². The van der Waals surface area contributed by atoms with Crippen LogP contribution in [0.4, 0.5) is 0 Å². The number of aromatic hydroxyl groups is 2. The summed E-state index contributed by atoms with van der Waals surface area (Å²) in [6, 6.07) is 5.52. The van der Waals surface area contributed by atoms with Gasteiger partial charge in [-0.3, -0.25) is 4.90 Å². The van der Waals surface area contributed by atoms with Gasteiger partial charge < -0.3 is 14.9 Å². The van der Waals surface area contributed by atoms with Gasteiger partial charge in [0.15, 0.2) is 0 Å². The molecule has 1 saturated carbocycles. The highest BCUT2D eigenvalue weighted by Gasteiger charge is 2.36. The van der Waals surface area contributed by atoms with Crippen LogP contribution in [0, 0.1) is 0 Å². The van der Waals surface area contributed by atoms with E-state index in [0.717, 1.165) is 25.1 Å². The molecule has 1 aromatic rings. The van der Waals surface area contributed by atoms with E-state index < -0.39 is 0 Å². The molecule has 3 atom stereocenters. The van der Waals surface area contributed by atoms with Crippen LogP contribution in [0.5, 0.6) is 11.5 Å². The first-order chi connectivity index (χ1) is 9.65. The molecule has 0 aromatic heterocycles. The first kappa shape index (κ1) is 13.7. The number of hydrogen-bond donors (Lipinski definition) is 2. The molecule has 2 aliphatic rings. The second kappa shape index (κ2) is 5.62. The molecule has 0 spiro atoms. The number of phenols is 2. The minimum absolute atomic E-state index is 0.125. The van der Waals surface area contributed by atoms with Gasteiger partial charge in [0.25, 0.3) is 0 Å². The Kier molecular flexibility index (Phi) is 3.85. The quantitative estimate of drug-likeness (QED) is 0.873. The zero-order valence-corrected chi connectivity index (χ0v) is 12.0. The Labute approximate surface area is 120 Å². The fourth-order valence-electron chi connectivity index (χ4n) is 3.66. The molecule has 1 aliphatic heterocycles. The molecule has 2 N–H and O–H groups in total. The van der Waals surface area contributed by atoms with Crippen molar-refractivity contribution in [1.82, 2.24) is 4.90 Å². The summed E-state index contributed by atoms with van der Waals surface area (Å²) in [6.45, 7) is 3.83. The molecule has 110 valence electrons. The van der Waals surface area contributed by atoms with Crippen LogP contribution in [-0.2, 0) is 4.74 Å². The van der Waals surface area contributed by atoms with Gasteiger partial charge in [-0.25, -0.2) is 0 Å². The Bertz CT molecular complexity index is 455. The number of benzene rings is 1. The molecular weight excluding hydrogens is 254 g/mol. The number of nitrogens with zero attached hydrogens (tertiary/aromatic N) is 1. The predicted molar refractivity (Wildman–Crippen MR) is 76.9 cm³/mol. The standard InChI is InChI=1S/C16H23NO3/c1-11(12-8-13(18)10-14(19)9-12)17-6-7-20-16-5-3-2-4-15(16)17/h8-11,15-16,18-19H,2-7H2,1H3. The maximum atomic E-state index is 9.67. The van der Waals surface area contributed by atoms with Gasteiger partial charge in [-0.2, -0.15) is 0 Å². The highest BCUT2D eigenvalue weighted by atomic mass is 16.5. The second-order valence-corrected chi connectivity index (χ2v) is 5.96. The van der Waals surface area contributed by atoms with E-state index in [4.69, 9.17) is 4.74 Å². The smallest absolute Gasteiger partial charge is 0.119 e. The van der Waals surface area contributed by atoms with Gasteiger partial charge in [0, 0.05) is 24.7 Å². The number of rotatable bonds is 2. The van der Waals surface area contributed by atoms with Gasteiger partial charge in [0.2, 0.25) is 0 Å². The van der Waals surface area contributed by atoms with Gasteiger partial charge in [-0.15, -0.1) is 0 Å². The maximum absolute atomic E-state index is 9.67. The van der Waals surface area contributed by atoms with Gasteiger partial charge in [-0.1, -0.05) is 12.8 Å². The summed E-state index contributed by atoms with van der Waals surface area (Å²) in [7, 11) is 0. The Morgan fingerprint density at radius 3 is 2.60 bits per heavy atom. The van der Waals surface area contributed by atoms with E-state index in [1.807, 2.05) is 0 Å². The number of morpholine rings is 1. The monoisotopic (exact) mass is 277 g/mol. The Hall–Kier alpha value is -1.26. The first-order valence-corrected chi connectivity index (χ1v) is 7.55.